The molecule has 4 heteroatoms. The Morgan fingerprint density at radius 3 is 2.50 bits per heavy atom. The van der Waals surface area contributed by atoms with Gasteiger partial charge >= 0.3 is 0 Å². The molecule has 3 unspecified atom stereocenters. The number of nitrogens with zero attached hydrogens (tertiary/aromatic N) is 1. The number of hydrogen-bond acceptors (Lipinski definition) is 3. The first-order valence-electron chi connectivity index (χ1n) is 6.14. The maximum Gasteiger partial charge on any atom is 0.235 e. The highest BCUT2D eigenvalue weighted by molar-refractivity contribution is 5.80. The van der Waals surface area contributed by atoms with Gasteiger partial charge in [0.25, 0.3) is 0 Å². The molecule has 4 nitrogen and oxygen atoms in total. The Bertz CT molecular complexity index is 242. The number of amides is 1. The van der Waals surface area contributed by atoms with Gasteiger partial charge < -0.3 is 16.0 Å². The lowest BCUT2D eigenvalue weighted by atomic mass is 10.2. The zero-order chi connectivity index (χ0) is 12.3. The van der Waals surface area contributed by atoms with Crippen LogP contribution in [0.25, 0.3) is 0 Å². The fourth-order valence-electron chi connectivity index (χ4n) is 2.07. The summed E-state index contributed by atoms with van der Waals surface area (Å²) in [5.41, 5.74) is 5.38. The summed E-state index contributed by atoms with van der Waals surface area (Å²) < 4.78 is 0. The van der Waals surface area contributed by atoms with E-state index in [0.717, 1.165) is 18.4 Å². The van der Waals surface area contributed by atoms with Crippen LogP contribution in [0, 0.1) is 11.8 Å². The number of likely N-dealkylation sites (N-methyl/N-ethyl adjacent to an activating group) is 1. The summed E-state index contributed by atoms with van der Waals surface area (Å²) in [4.78, 5) is 13.5. The van der Waals surface area contributed by atoms with Crippen LogP contribution in [0.15, 0.2) is 0 Å². The summed E-state index contributed by atoms with van der Waals surface area (Å²) in [6.07, 6.45) is 1.32. The SMILES string of the molecule is CC(C)NC(CN(C)CC1CC1C)C(N)=O. The number of nitrogens with one attached hydrogen (secondary N) is 1. The standard InChI is InChI=1S/C12H25N3O/c1-8(2)14-11(12(13)16)7-15(4)6-10-5-9(10)3/h8-11,14H,5-7H2,1-4H3,(H2,13,16). The van der Waals surface area contributed by atoms with Crippen LogP contribution in [0.3, 0.4) is 0 Å². The molecule has 0 saturated heterocycles. The van der Waals surface area contributed by atoms with E-state index in [2.05, 4.69) is 24.2 Å². The van der Waals surface area contributed by atoms with Gasteiger partial charge in [0.05, 0.1) is 6.04 Å². The highest BCUT2D eigenvalue weighted by atomic mass is 16.1. The number of hydrogen-bond donors (Lipinski definition) is 2. The Morgan fingerprint density at radius 1 is 1.56 bits per heavy atom. The van der Waals surface area contributed by atoms with Gasteiger partial charge in [-0.2, -0.15) is 0 Å². The highest BCUT2D eigenvalue weighted by Gasteiger charge is 2.33. The van der Waals surface area contributed by atoms with Crippen molar-refractivity contribution >= 4 is 5.91 Å². The predicted molar refractivity (Wildman–Crippen MR) is 66.0 cm³/mol. The van der Waals surface area contributed by atoms with E-state index in [-0.39, 0.29) is 18.0 Å². The van der Waals surface area contributed by atoms with Crippen molar-refractivity contribution in [2.24, 2.45) is 17.6 Å². The second kappa shape index (κ2) is 5.64. The largest absolute Gasteiger partial charge is 0.368 e. The minimum Gasteiger partial charge on any atom is -0.368 e. The molecule has 0 heterocycles. The van der Waals surface area contributed by atoms with E-state index < -0.39 is 0 Å². The monoisotopic (exact) mass is 227 g/mol. The maximum atomic E-state index is 11.3. The van der Waals surface area contributed by atoms with Crippen molar-refractivity contribution in [3.8, 4) is 0 Å². The van der Waals surface area contributed by atoms with Crippen molar-refractivity contribution in [2.75, 3.05) is 20.1 Å². The van der Waals surface area contributed by atoms with Gasteiger partial charge in [-0.3, -0.25) is 4.79 Å². The highest BCUT2D eigenvalue weighted by Crippen LogP contribution is 2.37. The summed E-state index contributed by atoms with van der Waals surface area (Å²) in [5, 5.41) is 3.20. The molecule has 1 aliphatic rings. The first-order chi connectivity index (χ1) is 7.40. The summed E-state index contributed by atoms with van der Waals surface area (Å²) in [6, 6.07) is 0.0461. The lowest BCUT2D eigenvalue weighted by Crippen LogP contribution is -2.50. The van der Waals surface area contributed by atoms with Crippen LogP contribution in [0.4, 0.5) is 0 Å². The molecule has 1 saturated carbocycles. The van der Waals surface area contributed by atoms with Crippen LogP contribution in [0.1, 0.15) is 27.2 Å². The van der Waals surface area contributed by atoms with Gasteiger partial charge in [0, 0.05) is 19.1 Å². The Hall–Kier alpha value is -0.610. The Labute approximate surface area is 98.6 Å². The van der Waals surface area contributed by atoms with Gasteiger partial charge in [-0.15, -0.1) is 0 Å². The molecule has 3 N–H and O–H groups in total. The molecular formula is C12H25N3O. The summed E-state index contributed by atoms with van der Waals surface area (Å²) >= 11 is 0. The predicted octanol–water partition coefficient (Wildman–Crippen LogP) is 0.426. The maximum absolute atomic E-state index is 11.3. The van der Waals surface area contributed by atoms with Gasteiger partial charge in [0.15, 0.2) is 0 Å². The molecule has 0 radical (unpaired) electrons. The summed E-state index contributed by atoms with van der Waals surface area (Å²) in [6.45, 7) is 8.11. The molecule has 1 aliphatic carbocycles. The Morgan fingerprint density at radius 2 is 2.12 bits per heavy atom. The van der Waals surface area contributed by atoms with Gasteiger partial charge in [0.2, 0.25) is 5.91 Å². The second-order valence-electron chi connectivity index (χ2n) is 5.47. The molecule has 94 valence electrons. The van der Waals surface area contributed by atoms with E-state index in [0.29, 0.717) is 6.54 Å². The third-order valence-electron chi connectivity index (χ3n) is 3.19. The third kappa shape index (κ3) is 4.49. The lowest BCUT2D eigenvalue weighted by Gasteiger charge is -2.24. The number of primary amides is 1. The first kappa shape index (κ1) is 13.5. The van der Waals surface area contributed by atoms with Crippen molar-refractivity contribution in [1.29, 1.82) is 0 Å². The molecule has 0 aromatic rings. The zero-order valence-corrected chi connectivity index (χ0v) is 10.9. The van der Waals surface area contributed by atoms with E-state index in [1.54, 1.807) is 0 Å². The van der Waals surface area contributed by atoms with Crippen LogP contribution in [0.5, 0.6) is 0 Å². The van der Waals surface area contributed by atoms with Crippen molar-refractivity contribution < 1.29 is 4.79 Å². The number of rotatable bonds is 7. The van der Waals surface area contributed by atoms with Crippen molar-refractivity contribution in [3.05, 3.63) is 0 Å². The van der Waals surface area contributed by atoms with Crippen LogP contribution < -0.4 is 11.1 Å². The Kier molecular flexibility index (Phi) is 4.74. The van der Waals surface area contributed by atoms with Crippen molar-refractivity contribution in [3.63, 3.8) is 0 Å². The summed E-state index contributed by atoms with van der Waals surface area (Å²) in [5.74, 6) is 1.41. The summed E-state index contributed by atoms with van der Waals surface area (Å²) in [7, 11) is 2.06. The molecule has 1 amide bonds. The molecule has 0 aromatic heterocycles. The van der Waals surface area contributed by atoms with E-state index >= 15 is 0 Å². The molecule has 1 rings (SSSR count). The fraction of sp³-hybridized carbons (Fsp3) is 0.917. The fourth-order valence-corrected chi connectivity index (χ4v) is 2.07. The number of nitrogens with two attached hydrogens (primary N) is 1. The molecule has 3 atom stereocenters. The van der Waals surface area contributed by atoms with E-state index in [4.69, 9.17) is 5.73 Å². The topological polar surface area (TPSA) is 58.4 Å². The number of carbonyl (C=O) groups is 1. The molecule has 0 aliphatic heterocycles. The molecule has 16 heavy (non-hydrogen) atoms. The lowest BCUT2D eigenvalue weighted by molar-refractivity contribution is -0.120. The van der Waals surface area contributed by atoms with E-state index in [9.17, 15) is 4.79 Å². The smallest absolute Gasteiger partial charge is 0.235 e. The zero-order valence-electron chi connectivity index (χ0n) is 10.9. The van der Waals surface area contributed by atoms with Gasteiger partial charge in [-0.05, 0) is 25.3 Å². The average molecular weight is 227 g/mol. The quantitative estimate of drug-likeness (QED) is 0.663. The number of carbonyl (C=O) groups excluding carboxylic acids is 1. The van der Waals surface area contributed by atoms with Crippen LogP contribution in [0.2, 0.25) is 0 Å². The molecule has 0 bridgehead atoms. The average Bonchev–Trinajstić information content (AvgIpc) is 2.79. The van der Waals surface area contributed by atoms with Crippen LogP contribution in [-0.4, -0.2) is 43.0 Å². The minimum absolute atomic E-state index is 0.237. The second-order valence-corrected chi connectivity index (χ2v) is 5.47. The van der Waals surface area contributed by atoms with E-state index in [1.165, 1.54) is 6.42 Å². The van der Waals surface area contributed by atoms with Gasteiger partial charge in [0.1, 0.15) is 0 Å². The van der Waals surface area contributed by atoms with E-state index in [1.807, 2.05) is 13.8 Å². The van der Waals surface area contributed by atoms with Crippen molar-refractivity contribution in [1.82, 2.24) is 10.2 Å². The third-order valence-corrected chi connectivity index (χ3v) is 3.19. The van der Waals surface area contributed by atoms with Gasteiger partial charge in [-0.1, -0.05) is 20.8 Å². The molecule has 0 spiro atoms. The molecule has 0 aromatic carbocycles. The first-order valence-corrected chi connectivity index (χ1v) is 6.14. The molecule has 1 fully saturated rings. The van der Waals surface area contributed by atoms with Crippen LogP contribution >= 0.6 is 0 Å². The normalized spacial score (nSPS) is 26.1. The van der Waals surface area contributed by atoms with Gasteiger partial charge in [-0.25, -0.2) is 0 Å². The van der Waals surface area contributed by atoms with Crippen LogP contribution in [-0.2, 0) is 4.79 Å². The minimum atomic E-state index is -0.260. The Balaban J connectivity index is 2.32. The molecular weight excluding hydrogens is 202 g/mol. The van der Waals surface area contributed by atoms with Crippen molar-refractivity contribution in [2.45, 2.75) is 39.3 Å².